The molecule has 1 atom stereocenters. The molecular formula is C16H15F2N. The Bertz CT molecular complexity index is 622. The van der Waals surface area contributed by atoms with Crippen molar-refractivity contribution >= 4 is 0 Å². The van der Waals surface area contributed by atoms with E-state index in [1.54, 1.807) is 0 Å². The highest BCUT2D eigenvalue weighted by molar-refractivity contribution is 5.70. The molecule has 1 aliphatic rings. The average Bonchev–Trinajstić information content (AvgIpc) is 2.82. The number of benzene rings is 2. The molecule has 0 aromatic heterocycles. The molecule has 1 unspecified atom stereocenters. The van der Waals surface area contributed by atoms with E-state index in [9.17, 15) is 8.78 Å². The Morgan fingerprint density at radius 3 is 2.68 bits per heavy atom. The van der Waals surface area contributed by atoms with E-state index in [0.717, 1.165) is 24.5 Å². The second kappa shape index (κ2) is 4.74. The molecule has 0 fully saturated rings. The minimum absolute atomic E-state index is 0.332. The summed E-state index contributed by atoms with van der Waals surface area (Å²) in [4.78, 5) is 0. The van der Waals surface area contributed by atoms with Gasteiger partial charge in [0, 0.05) is 17.7 Å². The third kappa shape index (κ3) is 2.04. The average molecular weight is 259 g/mol. The summed E-state index contributed by atoms with van der Waals surface area (Å²) in [6, 6.07) is 10.0. The van der Waals surface area contributed by atoms with E-state index in [-0.39, 0.29) is 0 Å². The summed E-state index contributed by atoms with van der Waals surface area (Å²) >= 11 is 0. The van der Waals surface area contributed by atoms with Gasteiger partial charge in [0.1, 0.15) is 11.6 Å². The third-order valence-corrected chi connectivity index (χ3v) is 3.84. The van der Waals surface area contributed by atoms with Gasteiger partial charge in [0.05, 0.1) is 0 Å². The molecule has 0 saturated heterocycles. The third-order valence-electron chi connectivity index (χ3n) is 3.84. The van der Waals surface area contributed by atoms with Crippen molar-refractivity contribution < 1.29 is 8.78 Å². The van der Waals surface area contributed by atoms with Gasteiger partial charge in [-0.15, -0.1) is 0 Å². The monoisotopic (exact) mass is 259 g/mol. The van der Waals surface area contributed by atoms with Gasteiger partial charge in [-0.25, -0.2) is 8.78 Å². The number of nitrogens with one attached hydrogen (secondary N) is 1. The van der Waals surface area contributed by atoms with Crippen molar-refractivity contribution in [2.24, 2.45) is 0 Å². The summed E-state index contributed by atoms with van der Waals surface area (Å²) in [5.74, 6) is -1.04. The van der Waals surface area contributed by atoms with Gasteiger partial charge < -0.3 is 5.32 Å². The molecule has 19 heavy (non-hydrogen) atoms. The van der Waals surface area contributed by atoms with Gasteiger partial charge in [-0.1, -0.05) is 18.2 Å². The van der Waals surface area contributed by atoms with E-state index in [1.165, 1.54) is 23.3 Å². The fourth-order valence-corrected chi connectivity index (χ4v) is 2.91. The normalized spacial score (nSPS) is 17.5. The van der Waals surface area contributed by atoms with E-state index in [0.29, 0.717) is 11.6 Å². The highest BCUT2D eigenvalue weighted by atomic mass is 19.1. The fraction of sp³-hybridized carbons (Fsp3) is 0.250. The molecule has 3 rings (SSSR count). The second-order valence-corrected chi connectivity index (χ2v) is 4.88. The van der Waals surface area contributed by atoms with Crippen LogP contribution >= 0.6 is 0 Å². The van der Waals surface area contributed by atoms with Crippen LogP contribution in [0, 0.1) is 11.6 Å². The van der Waals surface area contributed by atoms with Crippen molar-refractivity contribution in [3.05, 3.63) is 59.2 Å². The Kier molecular flexibility index (Phi) is 3.07. The minimum Gasteiger partial charge on any atom is -0.313 e. The van der Waals surface area contributed by atoms with Crippen LogP contribution in [0.3, 0.4) is 0 Å². The molecule has 3 heteroatoms. The molecule has 0 spiro atoms. The predicted molar refractivity (Wildman–Crippen MR) is 71.9 cm³/mol. The summed E-state index contributed by atoms with van der Waals surface area (Å²) in [5.41, 5.74) is 3.76. The Morgan fingerprint density at radius 1 is 1.11 bits per heavy atom. The molecule has 0 bridgehead atoms. The molecule has 1 nitrogen and oxygen atoms in total. The molecule has 1 N–H and O–H groups in total. The van der Waals surface area contributed by atoms with E-state index >= 15 is 0 Å². The van der Waals surface area contributed by atoms with Crippen LogP contribution in [0.2, 0.25) is 0 Å². The zero-order valence-corrected chi connectivity index (χ0v) is 10.7. The smallest absolute Gasteiger partial charge is 0.133 e. The topological polar surface area (TPSA) is 12.0 Å². The van der Waals surface area contributed by atoms with Gasteiger partial charge in [-0.05, 0) is 48.7 Å². The maximum absolute atomic E-state index is 13.9. The predicted octanol–water partition coefficient (Wildman–Crippen LogP) is 3.84. The van der Waals surface area contributed by atoms with Crippen molar-refractivity contribution in [2.45, 2.75) is 18.9 Å². The first-order chi connectivity index (χ1) is 9.20. The lowest BCUT2D eigenvalue weighted by Gasteiger charge is -2.12. The summed E-state index contributed by atoms with van der Waals surface area (Å²) in [7, 11) is 1.94. The van der Waals surface area contributed by atoms with Crippen molar-refractivity contribution in [3.8, 4) is 11.1 Å². The number of rotatable bonds is 2. The van der Waals surface area contributed by atoms with Crippen LogP contribution < -0.4 is 5.32 Å². The highest BCUT2D eigenvalue weighted by Gasteiger charge is 2.24. The van der Waals surface area contributed by atoms with E-state index in [1.807, 2.05) is 19.2 Å². The Morgan fingerprint density at radius 2 is 1.95 bits per heavy atom. The van der Waals surface area contributed by atoms with Crippen LogP contribution in [0.5, 0.6) is 0 Å². The lowest BCUT2D eigenvalue weighted by molar-refractivity contribution is 0.585. The van der Waals surface area contributed by atoms with Gasteiger partial charge in [0.15, 0.2) is 0 Å². The zero-order valence-electron chi connectivity index (χ0n) is 10.7. The van der Waals surface area contributed by atoms with Gasteiger partial charge in [-0.3, -0.25) is 0 Å². The molecule has 0 radical (unpaired) electrons. The van der Waals surface area contributed by atoms with Gasteiger partial charge >= 0.3 is 0 Å². The molecule has 0 saturated carbocycles. The van der Waals surface area contributed by atoms with E-state index in [2.05, 4.69) is 11.4 Å². The quantitative estimate of drug-likeness (QED) is 0.864. The molecule has 0 aliphatic heterocycles. The van der Waals surface area contributed by atoms with Crippen LogP contribution in [-0.4, -0.2) is 7.05 Å². The van der Waals surface area contributed by atoms with Crippen molar-refractivity contribution in [1.82, 2.24) is 5.32 Å². The SMILES string of the molecule is CNC1CCc2c(-c3ccc(F)cc3F)cccc21. The molecule has 2 aromatic rings. The molecule has 2 aromatic carbocycles. The minimum atomic E-state index is -0.540. The lowest BCUT2D eigenvalue weighted by atomic mass is 9.96. The zero-order chi connectivity index (χ0) is 13.4. The number of hydrogen-bond acceptors (Lipinski definition) is 1. The summed E-state index contributed by atoms with van der Waals surface area (Å²) < 4.78 is 26.9. The Balaban J connectivity index is 2.14. The van der Waals surface area contributed by atoms with Crippen LogP contribution in [0.15, 0.2) is 36.4 Å². The van der Waals surface area contributed by atoms with Gasteiger partial charge in [0.2, 0.25) is 0 Å². The largest absolute Gasteiger partial charge is 0.313 e. The maximum Gasteiger partial charge on any atom is 0.133 e. The fourth-order valence-electron chi connectivity index (χ4n) is 2.91. The molecule has 98 valence electrons. The molecule has 0 heterocycles. The highest BCUT2D eigenvalue weighted by Crippen LogP contribution is 2.38. The summed E-state index contributed by atoms with van der Waals surface area (Å²) in [5, 5.41) is 3.27. The lowest BCUT2D eigenvalue weighted by Crippen LogP contribution is -2.12. The van der Waals surface area contributed by atoms with Gasteiger partial charge in [-0.2, -0.15) is 0 Å². The van der Waals surface area contributed by atoms with Gasteiger partial charge in [0.25, 0.3) is 0 Å². The Labute approximate surface area is 111 Å². The van der Waals surface area contributed by atoms with Crippen molar-refractivity contribution in [2.75, 3.05) is 7.05 Å². The number of fused-ring (bicyclic) bond motifs is 1. The van der Waals surface area contributed by atoms with Crippen LogP contribution in [0.1, 0.15) is 23.6 Å². The molecular weight excluding hydrogens is 244 g/mol. The Hall–Kier alpha value is -1.74. The standard InChI is InChI=1S/C16H15F2N/c1-19-16-8-7-12-11(3-2-4-14(12)16)13-6-5-10(17)9-15(13)18/h2-6,9,16,19H,7-8H2,1H3. The summed E-state index contributed by atoms with van der Waals surface area (Å²) in [6.07, 6.45) is 1.94. The first kappa shape index (κ1) is 12.3. The van der Waals surface area contributed by atoms with Crippen LogP contribution in [-0.2, 0) is 6.42 Å². The van der Waals surface area contributed by atoms with Crippen molar-refractivity contribution in [3.63, 3.8) is 0 Å². The molecule has 1 aliphatic carbocycles. The second-order valence-electron chi connectivity index (χ2n) is 4.88. The van der Waals surface area contributed by atoms with E-state index in [4.69, 9.17) is 0 Å². The first-order valence-electron chi connectivity index (χ1n) is 6.45. The van der Waals surface area contributed by atoms with E-state index < -0.39 is 11.6 Å². The van der Waals surface area contributed by atoms with Crippen LogP contribution in [0.4, 0.5) is 8.78 Å². The van der Waals surface area contributed by atoms with Crippen LogP contribution in [0.25, 0.3) is 11.1 Å². The summed E-state index contributed by atoms with van der Waals surface area (Å²) in [6.45, 7) is 0. The maximum atomic E-state index is 13.9. The first-order valence-corrected chi connectivity index (χ1v) is 6.45. The number of hydrogen-bond donors (Lipinski definition) is 1. The number of halogens is 2. The van der Waals surface area contributed by atoms with Crippen molar-refractivity contribution in [1.29, 1.82) is 0 Å². The molecule has 0 amide bonds.